The third-order valence-electron chi connectivity index (χ3n) is 8.56. The Morgan fingerprint density at radius 2 is 0.812 bits per heavy atom. The zero-order valence-electron chi connectivity index (χ0n) is 31.1. The Balaban J connectivity index is 4.73. The molecule has 2 atom stereocenters. The maximum absolute atomic E-state index is 12.9. The van der Waals surface area contributed by atoms with E-state index >= 15 is 0 Å². The van der Waals surface area contributed by atoms with Crippen LogP contribution in [0.2, 0.25) is 0 Å². The lowest BCUT2D eigenvalue weighted by molar-refractivity contribution is -0.174. The minimum absolute atomic E-state index is 0.143. The van der Waals surface area contributed by atoms with Gasteiger partial charge in [0.15, 0.2) is 0 Å². The van der Waals surface area contributed by atoms with Crippen molar-refractivity contribution in [2.75, 3.05) is 14.2 Å². The fourth-order valence-electron chi connectivity index (χ4n) is 5.51. The summed E-state index contributed by atoms with van der Waals surface area (Å²) in [6, 6.07) is 0. The molecule has 0 fully saturated rings. The number of hydrogen-bond donors (Lipinski definition) is 0. The van der Waals surface area contributed by atoms with Crippen molar-refractivity contribution in [3.8, 4) is 0 Å². The molecule has 0 aliphatic heterocycles. The average Bonchev–Trinajstić information content (AvgIpc) is 3.09. The zero-order chi connectivity index (χ0) is 35.5. The van der Waals surface area contributed by atoms with Gasteiger partial charge < -0.3 is 18.9 Å². The maximum Gasteiger partial charge on any atom is 0.417 e. The molecule has 0 aliphatic carbocycles. The molecule has 0 amide bonds. The molecule has 0 rings (SSSR count). The van der Waals surface area contributed by atoms with Crippen LogP contribution < -0.4 is 0 Å². The normalized spacial score (nSPS) is 12.7. The molecule has 0 saturated carbocycles. The van der Waals surface area contributed by atoms with Gasteiger partial charge in [-0.25, -0.2) is 9.59 Å². The number of hydrogen-bond acceptors (Lipinski definition) is 8. The number of unbranched alkanes of at least 4 members (excludes halogenated alkanes) is 16. The van der Waals surface area contributed by atoms with Crippen molar-refractivity contribution < 1.29 is 38.1 Å². The van der Waals surface area contributed by atoms with Gasteiger partial charge in [0.1, 0.15) is 12.2 Å². The van der Waals surface area contributed by atoms with Crippen molar-refractivity contribution in [1.82, 2.24) is 0 Å². The highest BCUT2D eigenvalue weighted by molar-refractivity contribution is 6.29. The Morgan fingerprint density at radius 1 is 0.458 bits per heavy atom. The number of rotatable bonds is 32. The second-order valence-electron chi connectivity index (χ2n) is 12.9. The maximum atomic E-state index is 12.9. The molecule has 278 valence electrons. The molecular formula is C40H70O8. The Bertz CT molecular complexity index is 795. The lowest BCUT2D eigenvalue weighted by Gasteiger charge is -2.19. The van der Waals surface area contributed by atoms with Crippen LogP contribution in [-0.2, 0) is 38.1 Å². The summed E-state index contributed by atoms with van der Waals surface area (Å²) < 4.78 is 20.8. The van der Waals surface area contributed by atoms with Gasteiger partial charge in [0, 0.05) is 25.7 Å². The van der Waals surface area contributed by atoms with Crippen LogP contribution in [0, 0.1) is 0 Å². The zero-order valence-corrected chi connectivity index (χ0v) is 31.1. The van der Waals surface area contributed by atoms with Crippen LogP contribution in [0.3, 0.4) is 0 Å². The predicted octanol–water partition coefficient (Wildman–Crippen LogP) is 10.5. The van der Waals surface area contributed by atoms with Crippen molar-refractivity contribution in [3.05, 3.63) is 24.3 Å². The van der Waals surface area contributed by atoms with Crippen LogP contribution in [0.5, 0.6) is 0 Å². The topological polar surface area (TPSA) is 105 Å². The van der Waals surface area contributed by atoms with E-state index in [2.05, 4.69) is 47.6 Å². The molecule has 0 spiro atoms. The highest BCUT2D eigenvalue weighted by Gasteiger charge is 2.25. The molecule has 0 N–H and O–H groups in total. The first kappa shape index (κ1) is 45.4. The first-order chi connectivity index (χ1) is 23.4. The smallest absolute Gasteiger partial charge is 0.417 e. The van der Waals surface area contributed by atoms with E-state index in [1.165, 1.54) is 14.2 Å². The largest absolute Gasteiger partial charge is 0.469 e. The van der Waals surface area contributed by atoms with Crippen LogP contribution in [-0.4, -0.2) is 50.3 Å². The molecule has 0 aliphatic rings. The van der Waals surface area contributed by atoms with E-state index in [0.717, 1.165) is 141 Å². The molecule has 2 unspecified atom stereocenters. The van der Waals surface area contributed by atoms with E-state index < -0.39 is 11.9 Å². The number of carbonyl (C=O) groups is 4. The predicted molar refractivity (Wildman–Crippen MR) is 193 cm³/mol. The van der Waals surface area contributed by atoms with Crippen molar-refractivity contribution in [2.45, 2.75) is 193 Å². The van der Waals surface area contributed by atoms with Gasteiger partial charge in [-0.1, -0.05) is 115 Å². The minimum Gasteiger partial charge on any atom is -0.469 e. The van der Waals surface area contributed by atoms with E-state index in [0.29, 0.717) is 25.7 Å². The van der Waals surface area contributed by atoms with Gasteiger partial charge in [-0.15, -0.1) is 0 Å². The van der Waals surface area contributed by atoms with Gasteiger partial charge in [-0.3, -0.25) is 9.59 Å². The first-order valence-electron chi connectivity index (χ1n) is 19.2. The molecule has 0 aromatic heterocycles. The summed E-state index contributed by atoms with van der Waals surface area (Å²) in [7, 11) is 2.85. The standard InChI is InChI=1S/C40H70O8/c1-5-7-9-23-29-35(31-25-19-15-11-13-17-21-27-33-37(41)45-3)47-39(43)40(44)48-36(30-24-10-8-6-2)32-26-20-16-12-14-18-22-28-34-38(42)46-4/h19-20,25-26,35-36H,5-18,21-24,27-34H2,1-4H3/b25-19+,26-20+. The molecule has 0 bridgehead atoms. The minimum atomic E-state index is -0.884. The molecular weight excluding hydrogens is 608 g/mol. The van der Waals surface area contributed by atoms with Crippen LogP contribution in [0.4, 0.5) is 0 Å². The number of ether oxygens (including phenoxy) is 4. The second-order valence-corrected chi connectivity index (χ2v) is 12.9. The lowest BCUT2D eigenvalue weighted by atomic mass is 10.1. The molecule has 0 radical (unpaired) electrons. The first-order valence-corrected chi connectivity index (χ1v) is 19.2. The number of esters is 4. The second kappa shape index (κ2) is 34.2. The molecule has 8 heteroatoms. The van der Waals surface area contributed by atoms with Crippen LogP contribution >= 0.6 is 0 Å². The van der Waals surface area contributed by atoms with Crippen LogP contribution in [0.25, 0.3) is 0 Å². The van der Waals surface area contributed by atoms with Crippen LogP contribution in [0.1, 0.15) is 181 Å². The molecule has 0 aromatic carbocycles. The monoisotopic (exact) mass is 679 g/mol. The number of carbonyl (C=O) groups excluding carboxylic acids is 4. The Kier molecular flexibility index (Phi) is 32.3. The average molecular weight is 679 g/mol. The van der Waals surface area contributed by atoms with E-state index in [4.69, 9.17) is 9.47 Å². The summed E-state index contributed by atoms with van der Waals surface area (Å²) in [6.07, 6.45) is 32.3. The van der Waals surface area contributed by atoms with E-state index in [1.54, 1.807) is 0 Å². The summed E-state index contributed by atoms with van der Waals surface area (Å²) in [5.74, 6) is -2.05. The highest BCUT2D eigenvalue weighted by Crippen LogP contribution is 2.17. The third-order valence-corrected chi connectivity index (χ3v) is 8.56. The van der Waals surface area contributed by atoms with Crippen molar-refractivity contribution >= 4 is 23.9 Å². The molecule has 48 heavy (non-hydrogen) atoms. The van der Waals surface area contributed by atoms with E-state index in [-0.39, 0.29) is 24.1 Å². The summed E-state index contributed by atoms with van der Waals surface area (Å²) in [6.45, 7) is 4.34. The van der Waals surface area contributed by atoms with Gasteiger partial charge in [0.05, 0.1) is 14.2 Å². The third kappa shape index (κ3) is 29.5. The van der Waals surface area contributed by atoms with Crippen molar-refractivity contribution in [2.24, 2.45) is 0 Å². The van der Waals surface area contributed by atoms with Gasteiger partial charge in [-0.05, 0) is 64.2 Å². The fourth-order valence-corrected chi connectivity index (χ4v) is 5.51. The Morgan fingerprint density at radius 3 is 1.19 bits per heavy atom. The summed E-state index contributed by atoms with van der Waals surface area (Å²) in [5.41, 5.74) is 0. The van der Waals surface area contributed by atoms with E-state index in [1.807, 2.05) is 0 Å². The van der Waals surface area contributed by atoms with E-state index in [9.17, 15) is 19.2 Å². The Labute approximate surface area is 293 Å². The van der Waals surface area contributed by atoms with Gasteiger partial charge >= 0.3 is 23.9 Å². The summed E-state index contributed by atoms with van der Waals surface area (Å²) in [4.78, 5) is 48.1. The number of allylic oxidation sites excluding steroid dienone is 2. The van der Waals surface area contributed by atoms with Crippen molar-refractivity contribution in [1.29, 1.82) is 0 Å². The molecule has 0 heterocycles. The number of methoxy groups -OCH3 is 2. The quantitative estimate of drug-likeness (QED) is 0.0228. The van der Waals surface area contributed by atoms with Gasteiger partial charge in [-0.2, -0.15) is 0 Å². The van der Waals surface area contributed by atoms with Crippen LogP contribution in [0.15, 0.2) is 24.3 Å². The molecule has 8 nitrogen and oxygen atoms in total. The molecule has 0 saturated heterocycles. The molecule has 0 aromatic rings. The van der Waals surface area contributed by atoms with Gasteiger partial charge in [0.25, 0.3) is 0 Å². The lowest BCUT2D eigenvalue weighted by Crippen LogP contribution is -2.29. The SMILES string of the molecule is CCCCCCC(C/C=C/CCCCCCCC(=O)OC)OC(=O)C(=O)OC(C/C=C/CCCCCCCC(=O)OC)CCCCCC. The fraction of sp³-hybridized carbons (Fsp3) is 0.800. The summed E-state index contributed by atoms with van der Waals surface area (Å²) >= 11 is 0. The summed E-state index contributed by atoms with van der Waals surface area (Å²) in [5, 5.41) is 0. The van der Waals surface area contributed by atoms with Crippen molar-refractivity contribution in [3.63, 3.8) is 0 Å². The highest BCUT2D eigenvalue weighted by atomic mass is 16.6. The Hall–Kier alpha value is -2.64. The van der Waals surface area contributed by atoms with Gasteiger partial charge in [0.2, 0.25) is 0 Å².